The number of carbonyl (C=O) groups excluding carboxylic acids is 2. The summed E-state index contributed by atoms with van der Waals surface area (Å²) < 4.78 is 18.8. The SMILES string of the molecule is CN(Cc1ccco1)C(=O)c1csc(NC(=O)c2ccccc2F)n1. The third-order valence-corrected chi connectivity index (χ3v) is 4.14. The van der Waals surface area contributed by atoms with Crippen molar-refractivity contribution in [2.75, 3.05) is 12.4 Å². The van der Waals surface area contributed by atoms with Crippen LogP contribution >= 0.6 is 11.3 Å². The molecule has 0 bridgehead atoms. The van der Waals surface area contributed by atoms with E-state index in [0.717, 1.165) is 11.3 Å². The van der Waals surface area contributed by atoms with Gasteiger partial charge in [0.05, 0.1) is 18.4 Å². The number of halogens is 1. The summed E-state index contributed by atoms with van der Waals surface area (Å²) >= 11 is 1.10. The fraction of sp³-hybridized carbons (Fsp3) is 0.118. The lowest BCUT2D eigenvalue weighted by molar-refractivity contribution is 0.0770. The Morgan fingerprint density at radius 3 is 2.80 bits per heavy atom. The molecular formula is C17H14FN3O3S. The van der Waals surface area contributed by atoms with E-state index < -0.39 is 11.7 Å². The molecule has 2 amide bonds. The molecule has 25 heavy (non-hydrogen) atoms. The number of anilines is 1. The molecule has 0 radical (unpaired) electrons. The second-order valence-corrected chi connectivity index (χ2v) is 6.07. The molecule has 128 valence electrons. The lowest BCUT2D eigenvalue weighted by Crippen LogP contribution is -2.26. The van der Waals surface area contributed by atoms with E-state index in [4.69, 9.17) is 4.42 Å². The number of nitrogens with zero attached hydrogens (tertiary/aromatic N) is 2. The van der Waals surface area contributed by atoms with Gasteiger partial charge < -0.3 is 9.32 Å². The van der Waals surface area contributed by atoms with Gasteiger partial charge in [-0.15, -0.1) is 11.3 Å². The molecule has 3 aromatic rings. The summed E-state index contributed by atoms with van der Waals surface area (Å²) in [6.07, 6.45) is 1.53. The predicted octanol–water partition coefficient (Wildman–Crippen LogP) is 3.40. The average molecular weight is 359 g/mol. The van der Waals surface area contributed by atoms with Crippen LogP contribution < -0.4 is 5.32 Å². The smallest absolute Gasteiger partial charge is 0.273 e. The monoisotopic (exact) mass is 359 g/mol. The second kappa shape index (κ2) is 7.27. The highest BCUT2D eigenvalue weighted by Gasteiger charge is 2.18. The first-order chi connectivity index (χ1) is 12.0. The number of amides is 2. The Labute approximate surface area is 146 Å². The van der Waals surface area contributed by atoms with E-state index in [2.05, 4.69) is 10.3 Å². The quantitative estimate of drug-likeness (QED) is 0.758. The lowest BCUT2D eigenvalue weighted by Gasteiger charge is -2.13. The zero-order chi connectivity index (χ0) is 17.8. The van der Waals surface area contributed by atoms with E-state index in [0.29, 0.717) is 12.3 Å². The van der Waals surface area contributed by atoms with Crippen LogP contribution in [0.15, 0.2) is 52.5 Å². The van der Waals surface area contributed by atoms with Gasteiger partial charge in [-0.1, -0.05) is 12.1 Å². The first kappa shape index (κ1) is 16.8. The molecule has 0 saturated heterocycles. The molecule has 0 saturated carbocycles. The number of rotatable bonds is 5. The normalized spacial score (nSPS) is 10.5. The summed E-state index contributed by atoms with van der Waals surface area (Å²) in [5.41, 5.74) is 0.114. The number of benzene rings is 1. The summed E-state index contributed by atoms with van der Waals surface area (Å²) in [5, 5.41) is 4.26. The molecule has 0 spiro atoms. The minimum absolute atomic E-state index is 0.0829. The van der Waals surface area contributed by atoms with Crippen molar-refractivity contribution >= 4 is 28.3 Å². The van der Waals surface area contributed by atoms with Crippen molar-refractivity contribution in [1.29, 1.82) is 0 Å². The highest BCUT2D eigenvalue weighted by molar-refractivity contribution is 7.14. The van der Waals surface area contributed by atoms with Gasteiger partial charge in [-0.2, -0.15) is 0 Å². The molecule has 1 aromatic carbocycles. The van der Waals surface area contributed by atoms with Crippen molar-refractivity contribution in [1.82, 2.24) is 9.88 Å². The standard InChI is InChI=1S/C17H14FN3O3S/c1-21(9-11-5-4-8-24-11)16(23)14-10-25-17(19-14)20-15(22)12-6-2-3-7-13(12)18/h2-8,10H,9H2,1H3,(H,19,20,22). The molecule has 3 rings (SSSR count). The summed E-state index contributed by atoms with van der Waals surface area (Å²) in [6.45, 7) is 0.306. The second-order valence-electron chi connectivity index (χ2n) is 5.21. The van der Waals surface area contributed by atoms with Gasteiger partial charge in [0.15, 0.2) is 5.13 Å². The number of hydrogen-bond donors (Lipinski definition) is 1. The Morgan fingerprint density at radius 2 is 2.08 bits per heavy atom. The van der Waals surface area contributed by atoms with Crippen LogP contribution in [0.2, 0.25) is 0 Å². The molecule has 6 nitrogen and oxygen atoms in total. The minimum Gasteiger partial charge on any atom is -0.467 e. The van der Waals surface area contributed by atoms with Crippen LogP contribution in [0.25, 0.3) is 0 Å². The van der Waals surface area contributed by atoms with Gasteiger partial charge in [0.1, 0.15) is 17.3 Å². The van der Waals surface area contributed by atoms with Gasteiger partial charge in [-0.05, 0) is 24.3 Å². The van der Waals surface area contributed by atoms with Crippen LogP contribution in [0.5, 0.6) is 0 Å². The molecule has 0 unspecified atom stereocenters. The maximum Gasteiger partial charge on any atom is 0.273 e. The van der Waals surface area contributed by atoms with Crippen LogP contribution in [0, 0.1) is 5.82 Å². The van der Waals surface area contributed by atoms with Crippen LogP contribution in [-0.4, -0.2) is 28.7 Å². The van der Waals surface area contributed by atoms with E-state index in [1.807, 2.05) is 0 Å². The number of thiazole rings is 1. The zero-order valence-electron chi connectivity index (χ0n) is 13.2. The Balaban J connectivity index is 1.66. The van der Waals surface area contributed by atoms with E-state index >= 15 is 0 Å². The van der Waals surface area contributed by atoms with Gasteiger partial charge in [0, 0.05) is 12.4 Å². The van der Waals surface area contributed by atoms with E-state index in [9.17, 15) is 14.0 Å². The third kappa shape index (κ3) is 3.92. The summed E-state index contributed by atoms with van der Waals surface area (Å²) in [7, 11) is 1.63. The Bertz CT molecular complexity index is 892. The van der Waals surface area contributed by atoms with Crippen LogP contribution in [0.1, 0.15) is 26.6 Å². The fourth-order valence-electron chi connectivity index (χ4n) is 2.14. The molecule has 8 heteroatoms. The highest BCUT2D eigenvalue weighted by Crippen LogP contribution is 2.19. The Kier molecular flexibility index (Phi) is 4.90. The van der Waals surface area contributed by atoms with Gasteiger partial charge in [-0.25, -0.2) is 9.37 Å². The maximum absolute atomic E-state index is 13.6. The predicted molar refractivity (Wildman–Crippen MR) is 91.0 cm³/mol. The molecule has 2 heterocycles. The first-order valence-corrected chi connectivity index (χ1v) is 8.22. The highest BCUT2D eigenvalue weighted by atomic mass is 32.1. The summed E-state index contributed by atoms with van der Waals surface area (Å²) in [6, 6.07) is 9.16. The molecule has 0 atom stereocenters. The van der Waals surface area contributed by atoms with E-state index in [-0.39, 0.29) is 22.3 Å². The third-order valence-electron chi connectivity index (χ3n) is 3.38. The van der Waals surface area contributed by atoms with Gasteiger partial charge in [-0.3, -0.25) is 14.9 Å². The topological polar surface area (TPSA) is 75.4 Å². The maximum atomic E-state index is 13.6. The number of hydrogen-bond acceptors (Lipinski definition) is 5. The van der Waals surface area contributed by atoms with E-state index in [1.54, 1.807) is 25.2 Å². The van der Waals surface area contributed by atoms with Gasteiger partial charge >= 0.3 is 0 Å². The van der Waals surface area contributed by atoms with Gasteiger partial charge in [0.2, 0.25) is 0 Å². The van der Waals surface area contributed by atoms with Crippen molar-refractivity contribution in [2.45, 2.75) is 6.54 Å². The van der Waals surface area contributed by atoms with Crippen molar-refractivity contribution < 1.29 is 18.4 Å². The summed E-state index contributed by atoms with van der Waals surface area (Å²) in [5.74, 6) is -0.889. The molecule has 1 N–H and O–H groups in total. The molecule has 0 fully saturated rings. The molecule has 0 aliphatic rings. The fourth-order valence-corrected chi connectivity index (χ4v) is 2.82. The minimum atomic E-state index is -0.619. The van der Waals surface area contributed by atoms with Crippen LogP contribution in [-0.2, 0) is 6.54 Å². The lowest BCUT2D eigenvalue weighted by atomic mass is 10.2. The molecular weight excluding hydrogens is 345 g/mol. The number of aromatic nitrogens is 1. The van der Waals surface area contributed by atoms with E-state index in [1.165, 1.54) is 34.7 Å². The average Bonchev–Trinajstić information content (AvgIpc) is 3.26. The number of nitrogens with one attached hydrogen (secondary N) is 1. The van der Waals surface area contributed by atoms with Crippen molar-refractivity contribution in [3.8, 4) is 0 Å². The van der Waals surface area contributed by atoms with Crippen molar-refractivity contribution in [3.63, 3.8) is 0 Å². The Morgan fingerprint density at radius 1 is 1.28 bits per heavy atom. The molecule has 0 aliphatic heterocycles. The van der Waals surface area contributed by atoms with Crippen LogP contribution in [0.3, 0.4) is 0 Å². The van der Waals surface area contributed by atoms with Gasteiger partial charge in [0.25, 0.3) is 11.8 Å². The summed E-state index contributed by atoms with van der Waals surface area (Å²) in [4.78, 5) is 30.0. The molecule has 0 aliphatic carbocycles. The van der Waals surface area contributed by atoms with Crippen molar-refractivity contribution in [3.05, 3.63) is 70.9 Å². The van der Waals surface area contributed by atoms with Crippen LogP contribution in [0.4, 0.5) is 9.52 Å². The molecule has 2 aromatic heterocycles. The number of carbonyl (C=O) groups is 2. The largest absolute Gasteiger partial charge is 0.467 e. The number of furan rings is 1. The first-order valence-electron chi connectivity index (χ1n) is 7.34. The van der Waals surface area contributed by atoms with Crippen molar-refractivity contribution in [2.24, 2.45) is 0 Å². The Hall–Kier alpha value is -3.00. The zero-order valence-corrected chi connectivity index (χ0v) is 14.0.